The Hall–Kier alpha value is -2.28. The average molecular weight is 391 g/mol. The molecule has 1 saturated carbocycles. The minimum absolute atomic E-state index is 0.130. The normalized spacial score (nSPS) is 15.6. The molecule has 0 radical (unpaired) electrons. The van der Waals surface area contributed by atoms with Gasteiger partial charge in [0.1, 0.15) is 5.75 Å². The zero-order chi connectivity index (χ0) is 20.2. The van der Waals surface area contributed by atoms with E-state index in [1.54, 1.807) is 14.2 Å². The maximum atomic E-state index is 11.4. The van der Waals surface area contributed by atoms with E-state index in [0.29, 0.717) is 30.7 Å². The van der Waals surface area contributed by atoms with Crippen molar-refractivity contribution in [2.24, 2.45) is 4.99 Å². The van der Waals surface area contributed by atoms with Gasteiger partial charge in [0.15, 0.2) is 5.96 Å². The number of nitrogens with one attached hydrogen (secondary N) is 3. The number of guanidine groups is 1. The molecule has 1 aliphatic carbocycles. The molecule has 1 aromatic carbocycles. The SMILES string of the molecule is CN=C(NCCOC1CCCCCC1)NCc1ccc(OC)c(NC(C)=O)c1. The van der Waals surface area contributed by atoms with E-state index in [1.165, 1.54) is 45.4 Å². The van der Waals surface area contributed by atoms with Crippen LogP contribution in [0.5, 0.6) is 5.75 Å². The molecule has 1 aromatic rings. The number of hydrogen-bond acceptors (Lipinski definition) is 4. The summed E-state index contributed by atoms with van der Waals surface area (Å²) in [6.07, 6.45) is 8.01. The summed E-state index contributed by atoms with van der Waals surface area (Å²) < 4.78 is 11.3. The van der Waals surface area contributed by atoms with Crippen LogP contribution in [0.25, 0.3) is 0 Å². The third-order valence-corrected chi connectivity index (χ3v) is 4.81. The molecule has 7 nitrogen and oxygen atoms in total. The van der Waals surface area contributed by atoms with Gasteiger partial charge in [-0.25, -0.2) is 0 Å². The van der Waals surface area contributed by atoms with Crippen LogP contribution in [0.4, 0.5) is 5.69 Å². The monoisotopic (exact) mass is 390 g/mol. The average Bonchev–Trinajstić information content (AvgIpc) is 2.96. The van der Waals surface area contributed by atoms with Gasteiger partial charge in [-0.05, 0) is 30.5 Å². The predicted octanol–water partition coefficient (Wildman–Crippen LogP) is 3.06. The van der Waals surface area contributed by atoms with Crippen molar-refractivity contribution in [2.45, 2.75) is 58.1 Å². The summed E-state index contributed by atoms with van der Waals surface area (Å²) >= 11 is 0. The Bertz CT molecular complexity index is 641. The van der Waals surface area contributed by atoms with Gasteiger partial charge in [-0.3, -0.25) is 9.79 Å². The van der Waals surface area contributed by atoms with Crippen LogP contribution in [0, 0.1) is 0 Å². The number of aliphatic imine (C=N–C) groups is 1. The Labute approximate surface area is 168 Å². The second-order valence-corrected chi connectivity index (χ2v) is 7.05. The molecule has 0 bridgehead atoms. The summed E-state index contributed by atoms with van der Waals surface area (Å²) in [6.45, 7) is 3.46. The molecule has 156 valence electrons. The summed E-state index contributed by atoms with van der Waals surface area (Å²) in [4.78, 5) is 15.6. The van der Waals surface area contributed by atoms with Crippen molar-refractivity contribution in [3.05, 3.63) is 23.8 Å². The van der Waals surface area contributed by atoms with Gasteiger partial charge in [0.05, 0.1) is 25.5 Å². The summed E-state index contributed by atoms with van der Waals surface area (Å²) in [5, 5.41) is 9.36. The summed E-state index contributed by atoms with van der Waals surface area (Å²) in [6, 6.07) is 5.70. The molecule has 7 heteroatoms. The molecule has 28 heavy (non-hydrogen) atoms. The second kappa shape index (κ2) is 12.2. The lowest BCUT2D eigenvalue weighted by Gasteiger charge is -2.17. The molecule has 0 heterocycles. The third kappa shape index (κ3) is 7.76. The van der Waals surface area contributed by atoms with Crippen LogP contribution in [0.15, 0.2) is 23.2 Å². The maximum absolute atomic E-state index is 11.4. The van der Waals surface area contributed by atoms with E-state index in [2.05, 4.69) is 20.9 Å². The molecule has 0 aliphatic heterocycles. The lowest BCUT2D eigenvalue weighted by molar-refractivity contribution is -0.114. The van der Waals surface area contributed by atoms with Crippen LogP contribution in [-0.2, 0) is 16.1 Å². The van der Waals surface area contributed by atoms with Gasteiger partial charge >= 0.3 is 0 Å². The number of carbonyl (C=O) groups excluding carboxylic acids is 1. The van der Waals surface area contributed by atoms with Gasteiger partial charge in [0, 0.05) is 27.1 Å². The Morgan fingerprint density at radius 2 is 1.93 bits per heavy atom. The van der Waals surface area contributed by atoms with E-state index < -0.39 is 0 Å². The smallest absolute Gasteiger partial charge is 0.221 e. The minimum Gasteiger partial charge on any atom is -0.495 e. The molecule has 0 atom stereocenters. The number of nitrogens with zero attached hydrogens (tertiary/aromatic N) is 1. The van der Waals surface area contributed by atoms with Gasteiger partial charge < -0.3 is 25.4 Å². The molecule has 2 rings (SSSR count). The highest BCUT2D eigenvalue weighted by molar-refractivity contribution is 5.90. The highest BCUT2D eigenvalue weighted by Gasteiger charge is 2.12. The van der Waals surface area contributed by atoms with Crippen LogP contribution in [0.1, 0.15) is 51.0 Å². The van der Waals surface area contributed by atoms with Crippen LogP contribution < -0.4 is 20.7 Å². The zero-order valence-electron chi connectivity index (χ0n) is 17.3. The minimum atomic E-state index is -0.130. The zero-order valence-corrected chi connectivity index (χ0v) is 17.3. The van der Waals surface area contributed by atoms with Gasteiger partial charge in [0.2, 0.25) is 5.91 Å². The van der Waals surface area contributed by atoms with E-state index in [0.717, 1.165) is 18.1 Å². The number of hydrogen-bond donors (Lipinski definition) is 3. The summed E-state index contributed by atoms with van der Waals surface area (Å²) in [7, 11) is 3.33. The highest BCUT2D eigenvalue weighted by Crippen LogP contribution is 2.25. The standard InChI is InChI=1S/C21H34N4O3/c1-16(26)25-19-14-17(10-11-20(19)27-3)15-24-21(22-2)23-12-13-28-18-8-6-4-5-7-9-18/h10-11,14,18H,4-9,12-13,15H2,1-3H3,(H,25,26)(H2,22,23,24). The fraction of sp³-hybridized carbons (Fsp3) is 0.619. The van der Waals surface area contributed by atoms with Crippen molar-refractivity contribution in [3.8, 4) is 5.75 Å². The number of amides is 1. The van der Waals surface area contributed by atoms with E-state index in [9.17, 15) is 4.79 Å². The van der Waals surface area contributed by atoms with E-state index in [1.807, 2.05) is 18.2 Å². The molecular formula is C21H34N4O3. The Morgan fingerprint density at radius 3 is 2.57 bits per heavy atom. The first-order valence-electron chi connectivity index (χ1n) is 10.1. The van der Waals surface area contributed by atoms with Crippen LogP contribution in [0.2, 0.25) is 0 Å². The van der Waals surface area contributed by atoms with Gasteiger partial charge in [-0.15, -0.1) is 0 Å². The van der Waals surface area contributed by atoms with Crippen LogP contribution in [0.3, 0.4) is 0 Å². The first-order chi connectivity index (χ1) is 13.6. The first-order valence-corrected chi connectivity index (χ1v) is 10.1. The lowest BCUT2D eigenvalue weighted by atomic mass is 10.1. The third-order valence-electron chi connectivity index (χ3n) is 4.81. The van der Waals surface area contributed by atoms with E-state index in [-0.39, 0.29) is 5.91 Å². The molecular weight excluding hydrogens is 356 g/mol. The van der Waals surface area contributed by atoms with Crippen molar-refractivity contribution >= 4 is 17.6 Å². The molecule has 1 aliphatic rings. The number of carbonyl (C=O) groups is 1. The Morgan fingerprint density at radius 1 is 1.18 bits per heavy atom. The molecule has 1 fully saturated rings. The quantitative estimate of drug-likeness (QED) is 0.275. The van der Waals surface area contributed by atoms with Crippen molar-refractivity contribution in [1.82, 2.24) is 10.6 Å². The Kier molecular flexibility index (Phi) is 9.62. The molecule has 0 unspecified atom stereocenters. The molecule has 3 N–H and O–H groups in total. The largest absolute Gasteiger partial charge is 0.495 e. The van der Waals surface area contributed by atoms with Crippen LogP contribution in [-0.4, -0.2) is 45.3 Å². The van der Waals surface area contributed by atoms with E-state index >= 15 is 0 Å². The molecule has 0 saturated heterocycles. The Balaban J connectivity index is 1.76. The van der Waals surface area contributed by atoms with Crippen molar-refractivity contribution in [2.75, 3.05) is 32.6 Å². The van der Waals surface area contributed by atoms with Crippen molar-refractivity contribution < 1.29 is 14.3 Å². The van der Waals surface area contributed by atoms with E-state index in [4.69, 9.17) is 9.47 Å². The van der Waals surface area contributed by atoms with Crippen molar-refractivity contribution in [3.63, 3.8) is 0 Å². The second-order valence-electron chi connectivity index (χ2n) is 7.05. The molecule has 1 amide bonds. The first kappa shape index (κ1) is 22.0. The maximum Gasteiger partial charge on any atom is 0.221 e. The highest BCUT2D eigenvalue weighted by atomic mass is 16.5. The van der Waals surface area contributed by atoms with Crippen molar-refractivity contribution in [1.29, 1.82) is 0 Å². The molecule has 0 spiro atoms. The number of methoxy groups -OCH3 is 1. The fourth-order valence-corrected chi connectivity index (χ4v) is 3.36. The topological polar surface area (TPSA) is 84.0 Å². The van der Waals surface area contributed by atoms with Crippen LogP contribution >= 0.6 is 0 Å². The number of ether oxygens (including phenoxy) is 2. The fourth-order valence-electron chi connectivity index (χ4n) is 3.36. The number of anilines is 1. The summed E-state index contributed by atoms with van der Waals surface area (Å²) in [5.74, 6) is 1.23. The lowest BCUT2D eigenvalue weighted by Crippen LogP contribution is -2.38. The van der Waals surface area contributed by atoms with Gasteiger partial charge in [-0.1, -0.05) is 31.7 Å². The van der Waals surface area contributed by atoms with Gasteiger partial charge in [-0.2, -0.15) is 0 Å². The number of rotatable bonds is 8. The van der Waals surface area contributed by atoms with Gasteiger partial charge in [0.25, 0.3) is 0 Å². The molecule has 0 aromatic heterocycles. The summed E-state index contributed by atoms with van der Waals surface area (Å²) in [5.41, 5.74) is 1.68. The number of benzene rings is 1. The predicted molar refractivity (Wildman–Crippen MR) is 113 cm³/mol.